The molecule has 2 aromatic rings. The van der Waals surface area contributed by atoms with E-state index in [4.69, 9.17) is 4.74 Å². The molecule has 0 aliphatic carbocycles. The van der Waals surface area contributed by atoms with E-state index in [2.05, 4.69) is 43.7 Å². The molecule has 0 saturated carbocycles. The molecule has 2 aromatic heterocycles. The maximum Gasteiger partial charge on any atom is 0.233 e. The second kappa shape index (κ2) is 6.26. The van der Waals surface area contributed by atoms with Crippen molar-refractivity contribution in [1.82, 2.24) is 15.5 Å². The van der Waals surface area contributed by atoms with E-state index < -0.39 is 0 Å². The van der Waals surface area contributed by atoms with Gasteiger partial charge in [-0.2, -0.15) is 0 Å². The number of thiophene rings is 1. The molecule has 0 aliphatic rings. The van der Waals surface area contributed by atoms with Crippen LogP contribution in [0.3, 0.4) is 0 Å². The molecule has 18 heavy (non-hydrogen) atoms. The van der Waals surface area contributed by atoms with Gasteiger partial charge in [-0.15, -0.1) is 21.5 Å². The number of nitrogens with one attached hydrogen (secondary N) is 1. The molecule has 1 unspecified atom stereocenters. The quantitative estimate of drug-likeness (QED) is 0.917. The Morgan fingerprint density at radius 2 is 2.22 bits per heavy atom. The second-order valence-electron chi connectivity index (χ2n) is 3.62. The number of hydrogen-bond acceptors (Lipinski definition) is 5. The van der Waals surface area contributed by atoms with E-state index in [1.165, 1.54) is 4.88 Å². The fourth-order valence-electron chi connectivity index (χ4n) is 1.64. The highest BCUT2D eigenvalue weighted by molar-refractivity contribution is 9.10. The lowest BCUT2D eigenvalue weighted by Gasteiger charge is -2.16. The third-order valence-electron chi connectivity index (χ3n) is 2.48. The van der Waals surface area contributed by atoms with Crippen LogP contribution < -0.4 is 10.1 Å². The lowest BCUT2D eigenvalue weighted by molar-refractivity contribution is 0.390. The smallest absolute Gasteiger partial charge is 0.233 e. The van der Waals surface area contributed by atoms with Crippen LogP contribution in [0, 0.1) is 0 Å². The van der Waals surface area contributed by atoms with Gasteiger partial charge < -0.3 is 10.1 Å². The number of rotatable bonds is 5. The van der Waals surface area contributed by atoms with Crippen molar-refractivity contribution in [2.24, 2.45) is 0 Å². The van der Waals surface area contributed by atoms with Crippen molar-refractivity contribution < 1.29 is 4.74 Å². The molecule has 0 spiro atoms. The standard InChI is InChI=1S/C12H14BrN3OS/c1-3-14-11(12-8(13)6-7-18-12)9-4-5-10(17-2)16-15-9/h4-7,11,14H,3H2,1-2H3. The monoisotopic (exact) mass is 327 g/mol. The van der Waals surface area contributed by atoms with Gasteiger partial charge in [0, 0.05) is 15.4 Å². The van der Waals surface area contributed by atoms with Crippen molar-refractivity contribution >= 4 is 27.3 Å². The number of aromatic nitrogens is 2. The molecular weight excluding hydrogens is 314 g/mol. The summed E-state index contributed by atoms with van der Waals surface area (Å²) in [6, 6.07) is 5.86. The van der Waals surface area contributed by atoms with Gasteiger partial charge in [0.25, 0.3) is 0 Å². The predicted octanol–water partition coefficient (Wildman–Crippen LogP) is 3.01. The normalized spacial score (nSPS) is 12.4. The van der Waals surface area contributed by atoms with Gasteiger partial charge in [0.2, 0.25) is 5.88 Å². The molecule has 0 fully saturated rings. The van der Waals surface area contributed by atoms with Crippen molar-refractivity contribution in [2.75, 3.05) is 13.7 Å². The van der Waals surface area contributed by atoms with Crippen molar-refractivity contribution in [2.45, 2.75) is 13.0 Å². The predicted molar refractivity (Wildman–Crippen MR) is 76.1 cm³/mol. The summed E-state index contributed by atoms with van der Waals surface area (Å²) in [6.45, 7) is 2.94. The summed E-state index contributed by atoms with van der Waals surface area (Å²) < 4.78 is 6.12. The Bertz CT molecular complexity index is 500. The Morgan fingerprint density at radius 1 is 1.39 bits per heavy atom. The third-order valence-corrected chi connectivity index (χ3v) is 4.42. The summed E-state index contributed by atoms with van der Waals surface area (Å²) in [6.07, 6.45) is 0. The summed E-state index contributed by atoms with van der Waals surface area (Å²) in [5.74, 6) is 0.527. The van der Waals surface area contributed by atoms with Crippen LogP contribution in [-0.2, 0) is 0 Å². The fraction of sp³-hybridized carbons (Fsp3) is 0.333. The van der Waals surface area contributed by atoms with E-state index in [0.717, 1.165) is 16.7 Å². The van der Waals surface area contributed by atoms with Gasteiger partial charge in [-0.3, -0.25) is 0 Å². The van der Waals surface area contributed by atoms with E-state index in [9.17, 15) is 0 Å². The average molecular weight is 328 g/mol. The molecule has 0 aliphatic heterocycles. The maximum atomic E-state index is 5.02. The fourth-order valence-corrected chi connectivity index (χ4v) is 3.33. The molecule has 2 heterocycles. The zero-order valence-electron chi connectivity index (χ0n) is 10.2. The minimum Gasteiger partial charge on any atom is -0.480 e. The summed E-state index contributed by atoms with van der Waals surface area (Å²) in [4.78, 5) is 1.20. The first-order valence-corrected chi connectivity index (χ1v) is 7.27. The maximum absolute atomic E-state index is 5.02. The molecule has 1 atom stereocenters. The average Bonchev–Trinajstić information content (AvgIpc) is 2.82. The van der Waals surface area contributed by atoms with Gasteiger partial charge in [-0.25, -0.2) is 0 Å². The Hall–Kier alpha value is -0.980. The first-order chi connectivity index (χ1) is 8.76. The number of hydrogen-bond donors (Lipinski definition) is 1. The molecule has 6 heteroatoms. The van der Waals surface area contributed by atoms with Gasteiger partial charge >= 0.3 is 0 Å². The highest BCUT2D eigenvalue weighted by Crippen LogP contribution is 2.32. The molecule has 0 radical (unpaired) electrons. The van der Waals surface area contributed by atoms with Crippen LogP contribution >= 0.6 is 27.3 Å². The van der Waals surface area contributed by atoms with E-state index in [-0.39, 0.29) is 6.04 Å². The van der Waals surface area contributed by atoms with Gasteiger partial charge in [-0.05, 0) is 40.0 Å². The Balaban J connectivity index is 2.32. The van der Waals surface area contributed by atoms with E-state index in [1.54, 1.807) is 18.4 Å². The highest BCUT2D eigenvalue weighted by Gasteiger charge is 2.19. The second-order valence-corrected chi connectivity index (χ2v) is 5.43. The molecule has 0 aromatic carbocycles. The van der Waals surface area contributed by atoms with E-state index >= 15 is 0 Å². The molecular formula is C12H14BrN3OS. The van der Waals surface area contributed by atoms with Crippen LogP contribution in [-0.4, -0.2) is 23.9 Å². The minimum absolute atomic E-state index is 0.0581. The largest absolute Gasteiger partial charge is 0.480 e. The zero-order valence-corrected chi connectivity index (χ0v) is 12.6. The van der Waals surface area contributed by atoms with Crippen molar-refractivity contribution in [3.05, 3.63) is 38.6 Å². The Kier molecular flexibility index (Phi) is 4.68. The van der Waals surface area contributed by atoms with Gasteiger partial charge in [0.15, 0.2) is 0 Å². The number of nitrogens with zero attached hydrogens (tertiary/aromatic N) is 2. The highest BCUT2D eigenvalue weighted by atomic mass is 79.9. The first kappa shape index (κ1) is 13.5. The summed E-state index contributed by atoms with van der Waals surface area (Å²) in [7, 11) is 1.58. The summed E-state index contributed by atoms with van der Waals surface area (Å²) >= 11 is 5.25. The number of ether oxygens (including phenoxy) is 1. The van der Waals surface area contributed by atoms with Crippen molar-refractivity contribution in [3.8, 4) is 5.88 Å². The zero-order chi connectivity index (χ0) is 13.0. The lowest BCUT2D eigenvalue weighted by Crippen LogP contribution is -2.22. The van der Waals surface area contributed by atoms with Crippen molar-refractivity contribution in [1.29, 1.82) is 0 Å². The summed E-state index contributed by atoms with van der Waals surface area (Å²) in [5.41, 5.74) is 0.890. The van der Waals surface area contributed by atoms with Gasteiger partial charge in [0.05, 0.1) is 18.8 Å². The van der Waals surface area contributed by atoms with E-state index in [0.29, 0.717) is 5.88 Å². The molecule has 2 rings (SSSR count). The minimum atomic E-state index is 0.0581. The summed E-state index contributed by atoms with van der Waals surface area (Å²) in [5, 5.41) is 13.7. The third kappa shape index (κ3) is 2.88. The van der Waals surface area contributed by atoms with Crippen LogP contribution in [0.1, 0.15) is 23.5 Å². The number of halogens is 1. The van der Waals surface area contributed by atoms with Crippen LogP contribution in [0.2, 0.25) is 0 Å². The first-order valence-electron chi connectivity index (χ1n) is 5.60. The van der Waals surface area contributed by atoms with Crippen LogP contribution in [0.5, 0.6) is 5.88 Å². The van der Waals surface area contributed by atoms with Crippen LogP contribution in [0.15, 0.2) is 28.1 Å². The molecule has 96 valence electrons. The Morgan fingerprint density at radius 3 is 2.72 bits per heavy atom. The topological polar surface area (TPSA) is 47.0 Å². The molecule has 1 N–H and O–H groups in total. The Labute approximate surface area is 119 Å². The van der Waals surface area contributed by atoms with Crippen molar-refractivity contribution in [3.63, 3.8) is 0 Å². The SMILES string of the molecule is CCNC(c1ccc(OC)nn1)c1sccc1Br. The van der Waals surface area contributed by atoms with Gasteiger partial charge in [0.1, 0.15) is 0 Å². The molecule has 0 saturated heterocycles. The van der Waals surface area contributed by atoms with Crippen LogP contribution in [0.25, 0.3) is 0 Å². The molecule has 0 bridgehead atoms. The number of methoxy groups -OCH3 is 1. The van der Waals surface area contributed by atoms with Gasteiger partial charge in [-0.1, -0.05) is 6.92 Å². The molecule has 0 amide bonds. The lowest BCUT2D eigenvalue weighted by atomic mass is 10.1. The van der Waals surface area contributed by atoms with E-state index in [1.807, 2.05) is 18.2 Å². The van der Waals surface area contributed by atoms with Crippen LogP contribution in [0.4, 0.5) is 0 Å². The molecule has 4 nitrogen and oxygen atoms in total.